The Morgan fingerprint density at radius 1 is 0.328 bits per heavy atom. The molecule has 13 aliphatic heterocycles. The number of rotatable bonds is 11. The van der Waals surface area contributed by atoms with Crippen molar-refractivity contribution in [3.8, 4) is 0 Å². The Morgan fingerprint density at radius 3 is 1.13 bits per heavy atom. The Kier molecular flexibility index (Phi) is 16.5. The highest BCUT2D eigenvalue weighted by Crippen LogP contribution is 2.68. The molecule has 32 nitrogen and oxygen atoms in total. The van der Waals surface area contributed by atoms with Crippen LogP contribution >= 0.6 is 0 Å². The molecule has 644 valence electrons. The van der Waals surface area contributed by atoms with Gasteiger partial charge in [0, 0.05) is 53.3 Å². The van der Waals surface area contributed by atoms with E-state index in [0.717, 1.165) is 83.5 Å². The van der Waals surface area contributed by atoms with Gasteiger partial charge in [-0.1, -0.05) is 41.5 Å². The number of fused-ring (bicyclic) bond motifs is 9. The zero-order valence-electron chi connectivity index (χ0n) is 66.6. The normalized spacial score (nSPS) is 56.3. The molecule has 34 heteroatoms. The summed E-state index contributed by atoms with van der Waals surface area (Å²) in [6.07, 6.45) is 7.57. The predicted octanol–water partition coefficient (Wildman–Crippen LogP) is 3.76. The van der Waals surface area contributed by atoms with E-state index in [1.165, 1.54) is 0 Å². The summed E-state index contributed by atoms with van der Waals surface area (Å²) in [5.41, 5.74) is -0.260. The minimum absolute atomic E-state index is 0.00409. The third-order valence-corrected chi connectivity index (χ3v) is 40.7. The molecule has 0 aromatic heterocycles. The number of hydrogen-bond donors (Lipinski definition) is 0. The van der Waals surface area contributed by atoms with Gasteiger partial charge in [-0.2, -0.15) is 16.8 Å². The second kappa shape index (κ2) is 25.8. The van der Waals surface area contributed by atoms with Crippen LogP contribution in [0.15, 0.2) is 0 Å². The van der Waals surface area contributed by atoms with Gasteiger partial charge in [0.05, 0.1) is 88.5 Å². The molecule has 119 heavy (non-hydrogen) atoms. The summed E-state index contributed by atoms with van der Waals surface area (Å²) in [4.78, 5) is 149. The number of carbonyl (C=O) groups excluding carboxylic acids is 12. The molecular weight excluding hydrogens is 1600 g/mol. The highest BCUT2D eigenvalue weighted by atomic mass is 32.2. The molecule has 15 saturated carbocycles. The zero-order chi connectivity index (χ0) is 81.9. The first kappa shape index (κ1) is 76.1. The maximum Gasteiger partial charge on any atom is 0.312 e. The van der Waals surface area contributed by atoms with E-state index in [1.807, 2.05) is 13.8 Å². The van der Waals surface area contributed by atoms with Crippen LogP contribution < -0.4 is 0 Å². The summed E-state index contributed by atoms with van der Waals surface area (Å²) in [6.45, 7) is 12.4. The van der Waals surface area contributed by atoms with E-state index in [1.54, 1.807) is 0 Å². The number of ether oxygens (including phenoxy) is 14. The van der Waals surface area contributed by atoms with E-state index >= 15 is 0 Å². The Morgan fingerprint density at radius 2 is 0.681 bits per heavy atom. The van der Waals surface area contributed by atoms with E-state index < -0.39 is 109 Å². The molecule has 0 N–H and O–H groups in total. The lowest BCUT2D eigenvalue weighted by Gasteiger charge is -2.33. The molecule has 0 spiro atoms. The molecule has 0 aromatic rings. The fourth-order valence-electron chi connectivity index (χ4n) is 32.1. The third kappa shape index (κ3) is 10.3. The van der Waals surface area contributed by atoms with Crippen molar-refractivity contribution in [2.24, 2.45) is 183 Å². The maximum absolute atomic E-state index is 12.9. The smallest absolute Gasteiger partial charge is 0.312 e. The van der Waals surface area contributed by atoms with Crippen LogP contribution in [0.2, 0.25) is 0 Å². The summed E-state index contributed by atoms with van der Waals surface area (Å²) in [7, 11) is -7.16. The summed E-state index contributed by atoms with van der Waals surface area (Å²) in [6, 6.07) is 0. The fourth-order valence-corrected chi connectivity index (χ4v) is 35.6. The zero-order valence-corrected chi connectivity index (χ0v) is 68.2. The van der Waals surface area contributed by atoms with E-state index in [2.05, 4.69) is 27.7 Å². The van der Waals surface area contributed by atoms with Crippen LogP contribution in [-0.4, -0.2) is 208 Å². The second-order valence-electron chi connectivity index (χ2n) is 41.4. The van der Waals surface area contributed by atoms with Crippen molar-refractivity contribution in [1.82, 2.24) is 0 Å². The summed E-state index contributed by atoms with van der Waals surface area (Å²) in [5.74, 6) is -3.83. The molecule has 0 amide bonds. The first-order valence-electron chi connectivity index (χ1n) is 44.5. The summed E-state index contributed by atoms with van der Waals surface area (Å²) < 4.78 is 137. The lowest BCUT2D eigenvalue weighted by molar-refractivity contribution is -0.170. The third-order valence-electron chi connectivity index (χ3n) is 37.2. The van der Waals surface area contributed by atoms with Crippen LogP contribution in [0.1, 0.15) is 144 Å². The van der Waals surface area contributed by atoms with Crippen LogP contribution in [0, 0.1) is 183 Å². The Balaban J connectivity index is 0.0000000848. The van der Waals surface area contributed by atoms with Gasteiger partial charge in [-0.25, -0.2) is 0 Å². The molecule has 28 rings (SSSR count). The molecule has 13 heterocycles. The second-order valence-corrected chi connectivity index (χ2v) is 45.0. The molecule has 15 aliphatic carbocycles. The number of hydrogen-bond acceptors (Lipinski definition) is 32. The van der Waals surface area contributed by atoms with Gasteiger partial charge in [-0.15, -0.1) is 0 Å². The van der Waals surface area contributed by atoms with Crippen molar-refractivity contribution in [2.45, 2.75) is 264 Å². The van der Waals surface area contributed by atoms with Crippen LogP contribution in [0.5, 0.6) is 0 Å². The highest BCUT2D eigenvalue weighted by Gasteiger charge is 2.77. The minimum atomic E-state index is -3.64. The maximum atomic E-state index is 12.9. The molecule has 18 bridgehead atoms. The molecule has 0 radical (unpaired) electrons. The monoisotopic (exact) mass is 1700 g/mol. The van der Waals surface area contributed by atoms with Crippen LogP contribution in [-0.2, 0) is 152 Å². The molecule has 28 fully saturated rings. The van der Waals surface area contributed by atoms with Gasteiger partial charge in [0.15, 0.2) is 18.3 Å². The topological polar surface area (TPSA) is 421 Å². The van der Waals surface area contributed by atoms with Gasteiger partial charge >= 0.3 is 71.6 Å². The molecule has 13 saturated heterocycles. The Bertz CT molecular complexity index is 4500. The molecule has 28 aliphatic rings. The first-order chi connectivity index (χ1) is 56.9. The highest BCUT2D eigenvalue weighted by molar-refractivity contribution is 7.88. The van der Waals surface area contributed by atoms with Crippen molar-refractivity contribution in [3.63, 3.8) is 0 Å². The van der Waals surface area contributed by atoms with Gasteiger partial charge in [0.25, 0.3) is 20.2 Å². The average molecular weight is 1700 g/mol. The quantitative estimate of drug-likeness (QED) is 0.161. The minimum Gasteiger partial charge on any atom is -0.462 e. The molecular formula is C85H100O32S2. The SMILES string of the molecule is CC1C2CC3C1OC(=O)C3C2C(=O)OC1C2CC3C(=O)OC1C3C2.CC1C2CC3C1OC(=O)C3C2C(=O)OC1C2CC3C(=O)OC1C3O2.CC1C2CC3C1OC(=O)C3C2C(=O)OC1C2CC3C(O2)C1OS3(=O)=O.CC1C2CC3C1OC(=O)C3C2C(=O)OC1C2CC3C1OS(=O)(=O)C3C2.CCC1(OC(=O)C2C3CC4C(OC(=O)C42)C3C)CCCC1. The largest absolute Gasteiger partial charge is 0.462 e. The fraction of sp³-hybridized carbons (Fsp3) is 0.859. The van der Waals surface area contributed by atoms with Crippen molar-refractivity contribution >= 4 is 91.9 Å². The van der Waals surface area contributed by atoms with E-state index in [0.29, 0.717) is 25.2 Å². The Hall–Kier alpha value is -6.62. The lowest BCUT2D eigenvalue weighted by Crippen LogP contribution is -2.45. The van der Waals surface area contributed by atoms with Gasteiger partial charge in [0.1, 0.15) is 84.1 Å². The molecule has 50 atom stereocenters. The van der Waals surface area contributed by atoms with E-state index in [-0.39, 0.29) is 280 Å². The standard InChI is InChI=1S/C18H20O6.C17H20O7S.C17H18O7.C17H24O4.C16H18O8S/c1-5-7-4-10-12(18(21)22-13(5)10)11(7)17(20)23-14-6-2-8-9(3-6)16(19)24-15(8)14;1-5-7-4-9-12(17(19)22-13(5)9)11(7)16(18)23-14-6-2-8-10(3-6)25(20,21)24-15(8)14;1-4-5-2-6-10(17(20)22-11(4)6)9(5)16(19)23-13-8-3-7-12(21-8)14(13)24-15(7)18;1-3-17(6-4-5-7-17)21-16(19)12-10-8-11-13(12)15(18)20-14(11)9(10)2;1-4-5-2-6-10(16(18)22-11(4)6)9(5)15(17)23-12-7-3-8-13(21-7)14(12)24-25(8,19)20/h5-15H,2-4H2,1H3;5-15H,2-4H2,1H3;4-14H,2-3H2,1H3;9-14H,3-8H2,1-2H3;4-14H,2-3H2,1H3. The average Bonchev–Trinajstić information content (AvgIpc) is 1.54. The molecule has 50 unspecified atom stereocenters. The first-order valence-corrected chi connectivity index (χ1v) is 47.5. The Labute approximate surface area is 685 Å². The van der Waals surface area contributed by atoms with Crippen molar-refractivity contribution in [2.75, 3.05) is 0 Å². The van der Waals surface area contributed by atoms with Gasteiger partial charge in [-0.3, -0.25) is 65.9 Å². The van der Waals surface area contributed by atoms with E-state index in [9.17, 15) is 74.4 Å². The van der Waals surface area contributed by atoms with Gasteiger partial charge < -0.3 is 66.3 Å². The van der Waals surface area contributed by atoms with Crippen molar-refractivity contribution in [1.29, 1.82) is 0 Å². The van der Waals surface area contributed by atoms with Gasteiger partial charge in [0.2, 0.25) is 0 Å². The van der Waals surface area contributed by atoms with Crippen LogP contribution in [0.25, 0.3) is 0 Å². The summed E-state index contributed by atoms with van der Waals surface area (Å²) in [5, 5.41) is -1.07. The van der Waals surface area contributed by atoms with Gasteiger partial charge in [-0.05, 0) is 162 Å². The van der Waals surface area contributed by atoms with Crippen LogP contribution in [0.3, 0.4) is 0 Å². The predicted molar refractivity (Wildman–Crippen MR) is 386 cm³/mol. The van der Waals surface area contributed by atoms with E-state index in [4.69, 9.17) is 74.7 Å². The summed E-state index contributed by atoms with van der Waals surface area (Å²) >= 11 is 0. The van der Waals surface area contributed by atoms with Crippen LogP contribution in [0.4, 0.5) is 0 Å². The van der Waals surface area contributed by atoms with Crippen molar-refractivity contribution in [3.05, 3.63) is 0 Å². The number of carbonyl (C=O) groups is 12. The lowest BCUT2D eigenvalue weighted by atomic mass is 9.75. The molecule has 0 aromatic carbocycles. The van der Waals surface area contributed by atoms with Crippen molar-refractivity contribution < 1.29 is 149 Å². The number of esters is 12.